The smallest absolute Gasteiger partial charge is 0.225 e. The minimum Gasteiger partial charge on any atom is -0.370 e. The summed E-state index contributed by atoms with van der Waals surface area (Å²) in [6, 6.07) is 0.387. The van der Waals surface area contributed by atoms with Gasteiger partial charge < -0.3 is 15.0 Å². The van der Waals surface area contributed by atoms with Crippen molar-refractivity contribution in [3.63, 3.8) is 0 Å². The van der Waals surface area contributed by atoms with Gasteiger partial charge in [0.05, 0.1) is 26.2 Å². The van der Waals surface area contributed by atoms with Crippen LogP contribution in [0.2, 0.25) is 0 Å². The van der Waals surface area contributed by atoms with Crippen LogP contribution >= 0.6 is 0 Å². The van der Waals surface area contributed by atoms with E-state index >= 15 is 0 Å². The van der Waals surface area contributed by atoms with Gasteiger partial charge in [0, 0.05) is 6.04 Å². The third kappa shape index (κ3) is 2.61. The molecule has 0 aromatic carbocycles. The van der Waals surface area contributed by atoms with E-state index in [1.165, 1.54) is 24.2 Å². The van der Waals surface area contributed by atoms with E-state index in [2.05, 4.69) is 26.1 Å². The highest BCUT2D eigenvalue weighted by atomic mass is 16.5. The molecule has 4 heteroatoms. The molecule has 0 spiro atoms. The fourth-order valence-corrected chi connectivity index (χ4v) is 4.89. The van der Waals surface area contributed by atoms with E-state index in [0.29, 0.717) is 23.3 Å². The van der Waals surface area contributed by atoms with E-state index in [9.17, 15) is 4.79 Å². The number of quaternary nitrogens is 1. The normalized spacial score (nSPS) is 38.6. The number of ether oxygens (including phenoxy) is 1. The van der Waals surface area contributed by atoms with Crippen molar-refractivity contribution in [2.75, 3.05) is 32.8 Å². The molecule has 1 saturated heterocycles. The van der Waals surface area contributed by atoms with E-state index in [1.54, 1.807) is 0 Å². The zero-order valence-electron chi connectivity index (χ0n) is 13.8. The predicted octanol–water partition coefficient (Wildman–Crippen LogP) is 0.623. The van der Waals surface area contributed by atoms with Crippen LogP contribution in [0.25, 0.3) is 0 Å². The molecule has 0 unspecified atom stereocenters. The Morgan fingerprint density at radius 1 is 1.29 bits per heavy atom. The van der Waals surface area contributed by atoms with Gasteiger partial charge >= 0.3 is 0 Å². The number of fused-ring (bicyclic) bond motifs is 2. The number of carbonyl (C=O) groups excluding carboxylic acids is 1. The molecule has 2 bridgehead atoms. The zero-order valence-corrected chi connectivity index (χ0v) is 13.8. The molecule has 4 nitrogen and oxygen atoms in total. The number of amides is 1. The first-order valence-corrected chi connectivity index (χ1v) is 8.64. The number of rotatable bonds is 4. The van der Waals surface area contributed by atoms with E-state index in [4.69, 9.17) is 4.74 Å². The highest BCUT2D eigenvalue weighted by Crippen LogP contribution is 2.65. The fraction of sp³-hybridized carbons (Fsp3) is 0.941. The lowest BCUT2D eigenvalue weighted by Gasteiger charge is -2.39. The van der Waals surface area contributed by atoms with Gasteiger partial charge in [-0.2, -0.15) is 0 Å². The summed E-state index contributed by atoms with van der Waals surface area (Å²) in [5.74, 6) is 1.04. The van der Waals surface area contributed by atoms with Crippen LogP contribution in [-0.2, 0) is 9.53 Å². The molecule has 2 saturated carbocycles. The summed E-state index contributed by atoms with van der Waals surface area (Å²) in [4.78, 5) is 13.8. The van der Waals surface area contributed by atoms with Crippen molar-refractivity contribution in [1.82, 2.24) is 5.32 Å². The largest absolute Gasteiger partial charge is 0.370 e. The second-order valence-electron chi connectivity index (χ2n) is 8.09. The molecule has 3 fully saturated rings. The Labute approximate surface area is 128 Å². The Kier molecular flexibility index (Phi) is 4.04. The lowest BCUT2D eigenvalue weighted by atomic mass is 9.69. The Morgan fingerprint density at radius 2 is 2.00 bits per heavy atom. The van der Waals surface area contributed by atoms with Gasteiger partial charge in [-0.05, 0) is 36.0 Å². The molecule has 1 aliphatic heterocycles. The second kappa shape index (κ2) is 5.54. The van der Waals surface area contributed by atoms with Crippen LogP contribution in [0.5, 0.6) is 0 Å². The quantitative estimate of drug-likeness (QED) is 0.798. The predicted molar refractivity (Wildman–Crippen MR) is 82.2 cm³/mol. The van der Waals surface area contributed by atoms with Crippen LogP contribution in [-0.4, -0.2) is 44.8 Å². The summed E-state index contributed by atoms with van der Waals surface area (Å²) in [7, 11) is 0. The number of carbonyl (C=O) groups is 1. The molecule has 2 aliphatic carbocycles. The number of morpholine rings is 1. The maximum Gasteiger partial charge on any atom is 0.225 e. The number of nitrogens with one attached hydrogen (secondary N) is 2. The molecule has 120 valence electrons. The molecule has 3 aliphatic rings. The first kappa shape index (κ1) is 15.3. The average Bonchev–Trinajstić information content (AvgIpc) is 2.79. The molecule has 0 aromatic heterocycles. The van der Waals surface area contributed by atoms with E-state index in [-0.39, 0.29) is 5.91 Å². The summed E-state index contributed by atoms with van der Waals surface area (Å²) in [6.07, 6.45) is 4.45. The lowest BCUT2D eigenvalue weighted by molar-refractivity contribution is -0.907. The van der Waals surface area contributed by atoms with Crippen LogP contribution in [0.3, 0.4) is 0 Å². The van der Waals surface area contributed by atoms with Gasteiger partial charge in [0.1, 0.15) is 13.1 Å². The molecule has 1 amide bonds. The molecule has 0 radical (unpaired) electrons. The Morgan fingerprint density at radius 3 is 2.57 bits per heavy atom. The van der Waals surface area contributed by atoms with Crippen molar-refractivity contribution in [3.05, 3.63) is 0 Å². The molecule has 3 rings (SSSR count). The summed E-state index contributed by atoms with van der Waals surface area (Å²) in [6.45, 7) is 11.9. The Hall–Kier alpha value is -0.610. The first-order chi connectivity index (χ1) is 9.93. The number of hydrogen-bond donors (Lipinski definition) is 2. The first-order valence-electron chi connectivity index (χ1n) is 8.64. The van der Waals surface area contributed by atoms with Crippen molar-refractivity contribution in [2.24, 2.45) is 16.7 Å². The van der Waals surface area contributed by atoms with Crippen molar-refractivity contribution >= 4 is 5.91 Å². The van der Waals surface area contributed by atoms with Crippen LogP contribution in [0.4, 0.5) is 0 Å². The van der Waals surface area contributed by atoms with Gasteiger partial charge in [-0.3, -0.25) is 4.79 Å². The maximum absolute atomic E-state index is 12.3. The standard InChI is InChI=1S/C17H30N2O2/c1-16(2)13-4-6-17(16,3)14(12-13)18-15(20)5-7-19-8-10-21-11-9-19/h13-14H,4-12H2,1-3H3,(H,18,20)/p+1/t13-,14-,17+/m1/s1. The molecule has 21 heavy (non-hydrogen) atoms. The van der Waals surface area contributed by atoms with Gasteiger partial charge in [0.25, 0.3) is 0 Å². The van der Waals surface area contributed by atoms with E-state index in [1.807, 2.05) is 0 Å². The van der Waals surface area contributed by atoms with Crippen molar-refractivity contribution < 1.29 is 14.4 Å². The van der Waals surface area contributed by atoms with Gasteiger partial charge in [-0.1, -0.05) is 20.8 Å². The van der Waals surface area contributed by atoms with Crippen molar-refractivity contribution in [2.45, 2.75) is 52.5 Å². The van der Waals surface area contributed by atoms with Gasteiger partial charge in [-0.15, -0.1) is 0 Å². The molecular formula is C17H31N2O2+. The minimum atomic E-state index is 0.253. The summed E-state index contributed by atoms with van der Waals surface area (Å²) < 4.78 is 5.36. The van der Waals surface area contributed by atoms with Crippen LogP contribution in [0, 0.1) is 16.7 Å². The van der Waals surface area contributed by atoms with Crippen LogP contribution < -0.4 is 10.2 Å². The molecular weight excluding hydrogens is 264 g/mol. The highest BCUT2D eigenvalue weighted by molar-refractivity contribution is 5.76. The monoisotopic (exact) mass is 295 g/mol. The third-order valence-corrected chi connectivity index (χ3v) is 7.03. The minimum absolute atomic E-state index is 0.253. The molecule has 3 atom stereocenters. The van der Waals surface area contributed by atoms with Gasteiger partial charge in [-0.25, -0.2) is 0 Å². The molecule has 2 N–H and O–H groups in total. The van der Waals surface area contributed by atoms with E-state index in [0.717, 1.165) is 38.8 Å². The summed E-state index contributed by atoms with van der Waals surface area (Å²) in [5.41, 5.74) is 0.666. The average molecular weight is 295 g/mol. The summed E-state index contributed by atoms with van der Waals surface area (Å²) in [5, 5.41) is 3.36. The van der Waals surface area contributed by atoms with Gasteiger partial charge in [0.15, 0.2) is 0 Å². The topological polar surface area (TPSA) is 42.8 Å². The van der Waals surface area contributed by atoms with Gasteiger partial charge in [0.2, 0.25) is 5.91 Å². The van der Waals surface area contributed by atoms with E-state index < -0.39 is 0 Å². The summed E-state index contributed by atoms with van der Waals surface area (Å²) >= 11 is 0. The second-order valence-corrected chi connectivity index (χ2v) is 8.09. The van der Waals surface area contributed by atoms with Crippen molar-refractivity contribution in [3.8, 4) is 0 Å². The van der Waals surface area contributed by atoms with Crippen molar-refractivity contribution in [1.29, 1.82) is 0 Å². The molecule has 1 heterocycles. The maximum atomic E-state index is 12.3. The Balaban J connectivity index is 1.49. The van der Waals surface area contributed by atoms with Crippen LogP contribution in [0.15, 0.2) is 0 Å². The number of hydrogen-bond acceptors (Lipinski definition) is 2. The lowest BCUT2D eigenvalue weighted by Crippen LogP contribution is -3.14. The Bertz CT molecular complexity index is 404. The third-order valence-electron chi connectivity index (χ3n) is 7.03. The molecule has 0 aromatic rings. The van der Waals surface area contributed by atoms with Crippen LogP contribution in [0.1, 0.15) is 46.5 Å². The SMILES string of the molecule is CC1(C)[C@@H]2CC[C@@]1(C)[C@H](NC(=O)CC[NH+]1CCOCC1)C2. The fourth-order valence-electron chi connectivity index (χ4n) is 4.89. The highest BCUT2D eigenvalue weighted by Gasteiger charge is 2.61. The zero-order chi connectivity index (χ0) is 15.1.